The van der Waals surface area contributed by atoms with Crippen LogP contribution in [0, 0.1) is 0 Å². The van der Waals surface area contributed by atoms with Crippen molar-refractivity contribution < 1.29 is 0 Å². The summed E-state index contributed by atoms with van der Waals surface area (Å²) in [6, 6.07) is 0. The summed E-state index contributed by atoms with van der Waals surface area (Å²) in [5.41, 5.74) is 0. The highest BCUT2D eigenvalue weighted by Gasteiger charge is 2.30. The topological polar surface area (TPSA) is 0 Å². The quantitative estimate of drug-likeness (QED) is 0.420. The van der Waals surface area contributed by atoms with E-state index in [1.807, 2.05) is 23.5 Å². The van der Waals surface area contributed by atoms with Crippen LogP contribution in [0.15, 0.2) is 0 Å². The third-order valence-electron chi connectivity index (χ3n) is 1.43. The molecular formula is C7H16S6. The third-order valence-corrected chi connectivity index (χ3v) is 7.35. The second kappa shape index (κ2) is 8.28. The molecule has 0 aliphatic carbocycles. The van der Waals surface area contributed by atoms with Crippen LogP contribution >= 0.6 is 74.0 Å². The molecule has 0 spiro atoms. The van der Waals surface area contributed by atoms with E-state index in [2.05, 4.69) is 57.4 Å². The van der Waals surface area contributed by atoms with Gasteiger partial charge in [-0.05, 0) is 18.4 Å². The highest BCUT2D eigenvalue weighted by molar-refractivity contribution is 8.20. The molecule has 0 unspecified atom stereocenters. The molecule has 0 N–H and O–H groups in total. The molecule has 0 saturated heterocycles. The van der Waals surface area contributed by atoms with Gasteiger partial charge in [-0.25, -0.2) is 0 Å². The molecule has 0 saturated carbocycles. The van der Waals surface area contributed by atoms with Gasteiger partial charge in [0.1, 0.15) is 0 Å². The average molecular weight is 293 g/mol. The molecule has 80 valence electrons. The lowest BCUT2D eigenvalue weighted by Crippen LogP contribution is -2.25. The molecule has 0 aromatic rings. The van der Waals surface area contributed by atoms with Crippen LogP contribution < -0.4 is 0 Å². The Morgan fingerprint density at radius 3 is 1.69 bits per heavy atom. The summed E-state index contributed by atoms with van der Waals surface area (Å²) in [7, 11) is 0. The summed E-state index contributed by atoms with van der Waals surface area (Å²) < 4.78 is 0.153. The summed E-state index contributed by atoms with van der Waals surface area (Å²) in [4.78, 5) is 0. The summed E-state index contributed by atoms with van der Waals surface area (Å²) in [6.45, 7) is 2.18. The van der Waals surface area contributed by atoms with Gasteiger partial charge in [0.15, 0.2) is 0 Å². The van der Waals surface area contributed by atoms with E-state index in [4.69, 9.17) is 0 Å². The summed E-state index contributed by atoms with van der Waals surface area (Å²) in [6.07, 6.45) is 0. The second-order valence-electron chi connectivity index (χ2n) is 2.53. The molecule has 0 amide bonds. The fraction of sp³-hybridized carbons (Fsp3) is 1.00. The van der Waals surface area contributed by atoms with Gasteiger partial charge in [0.2, 0.25) is 0 Å². The van der Waals surface area contributed by atoms with E-state index in [1.165, 1.54) is 0 Å². The number of thioether (sulfide) groups is 2. The van der Waals surface area contributed by atoms with Crippen molar-refractivity contribution in [3.63, 3.8) is 0 Å². The van der Waals surface area contributed by atoms with Crippen LogP contribution in [0.2, 0.25) is 0 Å². The third kappa shape index (κ3) is 6.30. The van der Waals surface area contributed by atoms with E-state index in [0.29, 0.717) is 0 Å². The first-order valence-electron chi connectivity index (χ1n) is 3.92. The van der Waals surface area contributed by atoms with Gasteiger partial charge in [0.05, 0.1) is 8.66 Å². The molecule has 0 heterocycles. The van der Waals surface area contributed by atoms with Crippen LogP contribution in [0.5, 0.6) is 0 Å². The van der Waals surface area contributed by atoms with Gasteiger partial charge in [0.25, 0.3) is 0 Å². The van der Waals surface area contributed by atoms with Gasteiger partial charge in [-0.1, -0.05) is 0 Å². The molecule has 0 atom stereocenters. The number of hydrogen-bond donors (Lipinski definition) is 4. The van der Waals surface area contributed by atoms with E-state index < -0.39 is 0 Å². The van der Waals surface area contributed by atoms with Crippen LogP contribution in [0.1, 0.15) is 6.92 Å². The molecule has 0 aliphatic rings. The molecule has 6 heteroatoms. The lowest BCUT2D eigenvalue weighted by molar-refractivity contribution is 1.01. The second-order valence-corrected chi connectivity index (χ2v) is 8.22. The Bertz CT molecular complexity index is 118. The fourth-order valence-electron chi connectivity index (χ4n) is 0.687. The standard InChI is InChI=1S/C7H16S6/c1-7(6(10)11,12-4-2-8)13-5-3-9/h6,8-11H,2-5H2,1H3. The van der Waals surface area contributed by atoms with Crippen molar-refractivity contribution in [1.82, 2.24) is 0 Å². The van der Waals surface area contributed by atoms with E-state index in [-0.39, 0.29) is 8.66 Å². The SMILES string of the molecule is CC(SCCS)(SCCS)C(S)S. The zero-order valence-electron chi connectivity index (χ0n) is 7.51. The molecule has 0 rings (SSSR count). The Balaban J connectivity index is 4.00. The van der Waals surface area contributed by atoms with Crippen molar-refractivity contribution in [1.29, 1.82) is 0 Å². The Hall–Kier alpha value is 2.10. The van der Waals surface area contributed by atoms with Crippen LogP contribution in [0.3, 0.4) is 0 Å². The summed E-state index contributed by atoms with van der Waals surface area (Å²) >= 11 is 20.9. The molecule has 0 bridgehead atoms. The van der Waals surface area contributed by atoms with Gasteiger partial charge in [-0.3, -0.25) is 0 Å². The maximum atomic E-state index is 4.40. The van der Waals surface area contributed by atoms with E-state index >= 15 is 0 Å². The van der Waals surface area contributed by atoms with Gasteiger partial charge < -0.3 is 0 Å². The minimum Gasteiger partial charge on any atom is -0.179 e. The van der Waals surface area contributed by atoms with Gasteiger partial charge >= 0.3 is 0 Å². The van der Waals surface area contributed by atoms with Crippen molar-refractivity contribution in [2.24, 2.45) is 0 Å². The van der Waals surface area contributed by atoms with Crippen molar-refractivity contribution in [2.75, 3.05) is 23.0 Å². The normalized spacial score (nSPS) is 12.5. The highest BCUT2D eigenvalue weighted by Crippen LogP contribution is 2.43. The maximum absolute atomic E-state index is 4.40. The zero-order valence-corrected chi connectivity index (χ0v) is 12.7. The Labute approximate surface area is 112 Å². The minimum absolute atomic E-state index is 0.0671. The number of rotatable bonds is 7. The Kier molecular flexibility index (Phi) is 9.61. The number of thiol groups is 4. The van der Waals surface area contributed by atoms with Crippen molar-refractivity contribution in [2.45, 2.75) is 15.6 Å². The van der Waals surface area contributed by atoms with Crippen LogP contribution in [-0.4, -0.2) is 31.7 Å². The van der Waals surface area contributed by atoms with E-state index in [0.717, 1.165) is 23.0 Å². The predicted octanol–water partition coefficient (Wildman–Crippen LogP) is 3.21. The predicted molar refractivity (Wildman–Crippen MR) is 82.8 cm³/mol. The maximum Gasteiger partial charge on any atom is 0.0787 e. The van der Waals surface area contributed by atoms with Crippen LogP contribution in [-0.2, 0) is 0 Å². The first-order valence-corrected chi connectivity index (χ1v) is 8.19. The molecule has 0 nitrogen and oxygen atoms in total. The molecule has 13 heavy (non-hydrogen) atoms. The molecule has 0 radical (unpaired) electrons. The average Bonchev–Trinajstić information content (AvgIpc) is 2.11. The Morgan fingerprint density at radius 2 is 1.46 bits per heavy atom. The lowest BCUT2D eigenvalue weighted by atomic mass is 10.5. The smallest absolute Gasteiger partial charge is 0.0787 e. The summed E-state index contributed by atoms with van der Waals surface area (Å²) in [5.74, 6) is 3.87. The van der Waals surface area contributed by atoms with Crippen molar-refractivity contribution in [3.8, 4) is 0 Å². The Morgan fingerprint density at radius 1 is 1.08 bits per heavy atom. The molecule has 0 aromatic carbocycles. The highest BCUT2D eigenvalue weighted by atomic mass is 32.2. The van der Waals surface area contributed by atoms with Gasteiger partial charge in [0, 0.05) is 11.5 Å². The van der Waals surface area contributed by atoms with Crippen LogP contribution in [0.4, 0.5) is 0 Å². The van der Waals surface area contributed by atoms with E-state index in [9.17, 15) is 0 Å². The first-order chi connectivity index (χ1) is 6.06. The monoisotopic (exact) mass is 292 g/mol. The lowest BCUT2D eigenvalue weighted by Gasteiger charge is -2.31. The van der Waals surface area contributed by atoms with Crippen LogP contribution in [0.25, 0.3) is 0 Å². The molecule has 0 aromatic heterocycles. The van der Waals surface area contributed by atoms with Crippen molar-refractivity contribution in [3.05, 3.63) is 0 Å². The van der Waals surface area contributed by atoms with E-state index in [1.54, 1.807) is 0 Å². The zero-order chi connectivity index (χ0) is 10.3. The van der Waals surface area contributed by atoms with Gasteiger partial charge in [-0.2, -0.15) is 50.5 Å². The minimum atomic E-state index is 0.0671. The fourth-order valence-corrected chi connectivity index (χ4v) is 4.25. The summed E-state index contributed by atoms with van der Waals surface area (Å²) in [5, 5.41) is 0. The first kappa shape index (κ1) is 15.1. The largest absolute Gasteiger partial charge is 0.179 e. The van der Waals surface area contributed by atoms with Crippen molar-refractivity contribution >= 4 is 74.0 Å². The molecule has 0 aliphatic heterocycles. The molecule has 0 fully saturated rings. The number of hydrogen-bond acceptors (Lipinski definition) is 6. The molecular weight excluding hydrogens is 276 g/mol. The van der Waals surface area contributed by atoms with Gasteiger partial charge in [-0.15, -0.1) is 23.5 Å².